The molecule has 9 nitrogen and oxygen atoms in total. The number of rotatable bonds is 6. The van der Waals surface area contributed by atoms with Gasteiger partial charge in [0.05, 0.1) is 30.6 Å². The average Bonchev–Trinajstić information content (AvgIpc) is 3.66. The predicted molar refractivity (Wildman–Crippen MR) is 159 cm³/mol. The lowest BCUT2D eigenvalue weighted by Gasteiger charge is -2.33. The zero-order chi connectivity index (χ0) is 30.0. The first-order valence-electron chi connectivity index (χ1n) is 14.4. The molecule has 1 amide bonds. The number of carbonyl (C=O) groups is 1. The third-order valence-corrected chi connectivity index (χ3v) is 8.46. The average molecular weight is 587 g/mol. The summed E-state index contributed by atoms with van der Waals surface area (Å²) in [6.45, 7) is 1.01. The van der Waals surface area contributed by atoms with Crippen LogP contribution >= 0.6 is 0 Å². The van der Waals surface area contributed by atoms with E-state index < -0.39 is 18.0 Å². The van der Waals surface area contributed by atoms with Crippen LogP contribution in [0.3, 0.4) is 0 Å². The van der Waals surface area contributed by atoms with Crippen LogP contribution in [0.2, 0.25) is 0 Å². The number of pyridine rings is 1. The number of aromatic nitrogens is 4. The molecule has 222 valence electrons. The van der Waals surface area contributed by atoms with E-state index in [0.29, 0.717) is 45.4 Å². The molecule has 0 spiro atoms. The van der Waals surface area contributed by atoms with Crippen molar-refractivity contribution >= 4 is 28.0 Å². The number of alkyl halides is 1. The number of fused-ring (bicyclic) bond motifs is 2. The maximum Gasteiger partial charge on any atom is 0.254 e. The van der Waals surface area contributed by atoms with Crippen molar-refractivity contribution in [3.05, 3.63) is 59.9 Å². The van der Waals surface area contributed by atoms with Crippen molar-refractivity contribution in [3.8, 4) is 34.3 Å². The highest BCUT2D eigenvalue weighted by Crippen LogP contribution is 2.38. The Morgan fingerprint density at radius 2 is 1.93 bits per heavy atom. The summed E-state index contributed by atoms with van der Waals surface area (Å²) in [5.41, 5.74) is 9.80. The standard InChI is InChI=1S/C32H32F2N6O3/c1-38-29-26(9-19(11-28(29)43-2)32(42)39-15-20(33)12-21(35)16-39)37-31(38)27-10-18-5-8-25(23-13-22(41)6-7-24(23)34)36-30(18)40(27)14-17-3-4-17/h5-11,13,17,20-21,41H,3-4,12,14-16,35H2,1-2H3/t20-,21-/m1/s1. The number of imidazole rings is 1. The number of ether oxygens (including phenoxy) is 1. The third-order valence-electron chi connectivity index (χ3n) is 8.46. The Bertz CT molecular complexity index is 1890. The number of aromatic hydroxyl groups is 1. The van der Waals surface area contributed by atoms with Gasteiger partial charge >= 0.3 is 0 Å². The topological polar surface area (TPSA) is 111 Å². The fraction of sp³-hybridized carbons (Fsp3) is 0.344. The normalized spacial score (nSPS) is 19.0. The van der Waals surface area contributed by atoms with Gasteiger partial charge in [-0.2, -0.15) is 0 Å². The summed E-state index contributed by atoms with van der Waals surface area (Å²) in [6.07, 6.45) is 1.30. The molecule has 3 aromatic heterocycles. The monoisotopic (exact) mass is 586 g/mol. The summed E-state index contributed by atoms with van der Waals surface area (Å²) >= 11 is 0. The number of phenolic OH excluding ortho intramolecular Hbond substituents is 1. The van der Waals surface area contributed by atoms with Gasteiger partial charge in [-0.05, 0) is 73.7 Å². The van der Waals surface area contributed by atoms with E-state index in [4.69, 9.17) is 20.4 Å². The molecule has 2 aliphatic rings. The fourth-order valence-electron chi connectivity index (χ4n) is 6.16. The Morgan fingerprint density at radius 1 is 1.12 bits per heavy atom. The van der Waals surface area contributed by atoms with Gasteiger partial charge in [-0.15, -0.1) is 0 Å². The molecule has 1 aliphatic heterocycles. The van der Waals surface area contributed by atoms with Gasteiger partial charge in [0.1, 0.15) is 34.7 Å². The van der Waals surface area contributed by atoms with Crippen LogP contribution in [0, 0.1) is 11.7 Å². The van der Waals surface area contributed by atoms with Crippen LogP contribution in [-0.2, 0) is 13.6 Å². The molecule has 0 bridgehead atoms. The highest BCUT2D eigenvalue weighted by Gasteiger charge is 2.30. The molecular formula is C32H32F2N6O3. The zero-order valence-corrected chi connectivity index (χ0v) is 23.9. The lowest BCUT2D eigenvalue weighted by Crippen LogP contribution is -2.50. The summed E-state index contributed by atoms with van der Waals surface area (Å²) in [5, 5.41) is 10.8. The number of nitrogens with zero attached hydrogens (tertiary/aromatic N) is 5. The molecule has 0 unspecified atom stereocenters. The van der Waals surface area contributed by atoms with Gasteiger partial charge in [0.25, 0.3) is 5.91 Å². The summed E-state index contributed by atoms with van der Waals surface area (Å²) in [6, 6.07) is 12.5. The highest BCUT2D eigenvalue weighted by molar-refractivity contribution is 6.00. The number of likely N-dealkylation sites (tertiary alicyclic amines) is 1. The second kappa shape index (κ2) is 10.3. The zero-order valence-electron chi connectivity index (χ0n) is 23.9. The number of hydrogen-bond acceptors (Lipinski definition) is 6. The number of halogens is 2. The number of hydrogen-bond donors (Lipinski definition) is 2. The molecule has 3 N–H and O–H groups in total. The Balaban J connectivity index is 1.35. The first-order chi connectivity index (χ1) is 20.7. The molecule has 43 heavy (non-hydrogen) atoms. The van der Waals surface area contributed by atoms with Gasteiger partial charge in [-0.3, -0.25) is 4.79 Å². The van der Waals surface area contributed by atoms with E-state index in [-0.39, 0.29) is 36.7 Å². The number of aryl methyl sites for hydroxylation is 1. The summed E-state index contributed by atoms with van der Waals surface area (Å²) in [4.78, 5) is 24.7. The molecule has 2 fully saturated rings. The van der Waals surface area contributed by atoms with Gasteiger partial charge in [-0.1, -0.05) is 0 Å². The SMILES string of the molecule is COc1cc(C(=O)N2C[C@H](N)C[C@@H](F)C2)cc2nc(-c3cc4ccc(-c5cc(O)ccc5F)nc4n3CC3CC3)n(C)c12. The lowest BCUT2D eigenvalue weighted by atomic mass is 10.0. The van der Waals surface area contributed by atoms with Crippen LogP contribution in [-0.4, -0.2) is 67.4 Å². The summed E-state index contributed by atoms with van der Waals surface area (Å²) in [7, 11) is 3.44. The lowest BCUT2D eigenvalue weighted by molar-refractivity contribution is 0.0606. The van der Waals surface area contributed by atoms with Gasteiger partial charge in [0.15, 0.2) is 5.82 Å². The minimum absolute atomic E-state index is 0.00309. The molecule has 2 atom stereocenters. The molecule has 7 rings (SSSR count). The number of benzene rings is 2. The van der Waals surface area contributed by atoms with Crippen molar-refractivity contribution in [2.24, 2.45) is 18.7 Å². The van der Waals surface area contributed by atoms with Crippen LogP contribution in [0.15, 0.2) is 48.5 Å². The smallest absolute Gasteiger partial charge is 0.254 e. The van der Waals surface area contributed by atoms with E-state index in [9.17, 15) is 18.7 Å². The third kappa shape index (κ3) is 4.87. The Morgan fingerprint density at radius 3 is 2.67 bits per heavy atom. The minimum Gasteiger partial charge on any atom is -0.508 e. The molecule has 2 aromatic carbocycles. The predicted octanol–water partition coefficient (Wildman–Crippen LogP) is 5.03. The molecule has 0 radical (unpaired) electrons. The van der Waals surface area contributed by atoms with Gasteiger partial charge < -0.3 is 29.6 Å². The van der Waals surface area contributed by atoms with Crippen molar-refractivity contribution in [2.75, 3.05) is 20.2 Å². The Hall–Kier alpha value is -4.51. The first kappa shape index (κ1) is 27.3. The second-order valence-corrected chi connectivity index (χ2v) is 11.7. The molecule has 1 saturated heterocycles. The van der Waals surface area contributed by atoms with Crippen LogP contribution in [0.25, 0.3) is 44.8 Å². The second-order valence-electron chi connectivity index (χ2n) is 11.7. The van der Waals surface area contributed by atoms with Crippen LogP contribution < -0.4 is 10.5 Å². The van der Waals surface area contributed by atoms with Gasteiger partial charge in [0, 0.05) is 42.7 Å². The molecule has 1 saturated carbocycles. The van der Waals surface area contributed by atoms with E-state index in [1.807, 2.05) is 23.7 Å². The first-order valence-corrected chi connectivity index (χ1v) is 14.4. The molecule has 1 aliphatic carbocycles. The van der Waals surface area contributed by atoms with Gasteiger partial charge in [0.2, 0.25) is 0 Å². The van der Waals surface area contributed by atoms with Gasteiger partial charge in [-0.25, -0.2) is 18.7 Å². The van der Waals surface area contributed by atoms with E-state index >= 15 is 0 Å². The Labute approximate surface area is 246 Å². The fourth-order valence-corrected chi connectivity index (χ4v) is 6.16. The maximum atomic E-state index is 14.7. The minimum atomic E-state index is -1.16. The van der Waals surface area contributed by atoms with Crippen molar-refractivity contribution in [1.82, 2.24) is 24.0 Å². The van der Waals surface area contributed by atoms with Crippen molar-refractivity contribution in [1.29, 1.82) is 0 Å². The van der Waals surface area contributed by atoms with Crippen LogP contribution in [0.1, 0.15) is 29.6 Å². The highest BCUT2D eigenvalue weighted by atomic mass is 19.1. The summed E-state index contributed by atoms with van der Waals surface area (Å²) in [5.74, 6) is 0.818. The van der Waals surface area contributed by atoms with Crippen LogP contribution in [0.4, 0.5) is 8.78 Å². The van der Waals surface area contributed by atoms with E-state index in [0.717, 1.165) is 30.5 Å². The number of carbonyl (C=O) groups excluding carboxylic acids is 1. The largest absolute Gasteiger partial charge is 0.508 e. The molecule has 5 aromatic rings. The van der Waals surface area contributed by atoms with E-state index in [2.05, 4.69) is 4.57 Å². The quantitative estimate of drug-likeness (QED) is 0.289. The molecular weight excluding hydrogens is 554 g/mol. The summed E-state index contributed by atoms with van der Waals surface area (Å²) < 4.78 is 38.7. The number of phenols is 1. The maximum absolute atomic E-state index is 14.7. The van der Waals surface area contributed by atoms with Crippen molar-refractivity contribution in [3.63, 3.8) is 0 Å². The van der Waals surface area contributed by atoms with Crippen molar-refractivity contribution < 1.29 is 23.4 Å². The van der Waals surface area contributed by atoms with Crippen LogP contribution in [0.5, 0.6) is 11.5 Å². The molecule has 11 heteroatoms. The number of amides is 1. The number of methoxy groups -OCH3 is 1. The van der Waals surface area contributed by atoms with E-state index in [1.54, 1.807) is 25.3 Å². The Kier molecular flexibility index (Phi) is 6.57. The molecule has 4 heterocycles. The van der Waals surface area contributed by atoms with Crippen molar-refractivity contribution in [2.45, 2.75) is 38.0 Å². The number of piperidine rings is 1. The number of nitrogens with two attached hydrogens (primary N) is 1. The van der Waals surface area contributed by atoms with E-state index in [1.165, 1.54) is 23.1 Å².